The smallest absolute Gasteiger partial charge is 0.212 e. The summed E-state index contributed by atoms with van der Waals surface area (Å²) < 4.78 is 1.71. The molecule has 4 rings (SSSR count). The maximum absolute atomic E-state index is 4.77. The average Bonchev–Trinajstić information content (AvgIpc) is 2.93. The first-order chi connectivity index (χ1) is 8.99. The van der Waals surface area contributed by atoms with E-state index in [0.29, 0.717) is 17.5 Å². The van der Waals surface area contributed by atoms with Crippen LogP contribution in [0, 0.1) is 5.41 Å². The van der Waals surface area contributed by atoms with Gasteiger partial charge in [-0.05, 0) is 24.3 Å². The zero-order chi connectivity index (χ0) is 13.4. The summed E-state index contributed by atoms with van der Waals surface area (Å²) >= 11 is 0. The Labute approximate surface area is 111 Å². The lowest BCUT2D eigenvalue weighted by Crippen LogP contribution is -2.32. The largest absolute Gasteiger partial charge is 0.272 e. The van der Waals surface area contributed by atoms with Crippen molar-refractivity contribution in [2.75, 3.05) is 0 Å². The molecule has 19 heavy (non-hydrogen) atoms. The maximum Gasteiger partial charge on any atom is 0.272 e. The fraction of sp³-hybridized carbons (Fsp3) is 0.571. The monoisotopic (exact) mass is 255 g/mol. The van der Waals surface area contributed by atoms with Gasteiger partial charge in [-0.1, -0.05) is 27.4 Å². The van der Waals surface area contributed by atoms with E-state index < -0.39 is 0 Å². The zero-order valence-electron chi connectivity index (χ0n) is 11.5. The molecule has 0 spiro atoms. The van der Waals surface area contributed by atoms with Gasteiger partial charge in [0, 0.05) is 11.3 Å². The molecule has 2 bridgehead atoms. The van der Waals surface area contributed by atoms with Crippen LogP contribution in [0.2, 0.25) is 0 Å². The van der Waals surface area contributed by atoms with Gasteiger partial charge in [0.25, 0.3) is 5.78 Å². The summed E-state index contributed by atoms with van der Waals surface area (Å²) in [5.41, 5.74) is 2.59. The lowest BCUT2D eigenvalue weighted by Gasteiger charge is -2.33. The van der Waals surface area contributed by atoms with Crippen molar-refractivity contribution in [2.45, 2.75) is 44.9 Å². The third-order valence-electron chi connectivity index (χ3n) is 5.57. The van der Waals surface area contributed by atoms with E-state index >= 15 is 0 Å². The summed E-state index contributed by atoms with van der Waals surface area (Å²) in [5, 5.41) is 12.9. The number of aromatic nitrogens is 5. The van der Waals surface area contributed by atoms with E-state index in [1.165, 1.54) is 12.8 Å². The highest BCUT2D eigenvalue weighted by Gasteiger charge is 2.61. The molecule has 5 heteroatoms. The third-order valence-corrected chi connectivity index (χ3v) is 5.57. The number of hydrogen-bond donors (Lipinski definition) is 0. The molecule has 1 saturated carbocycles. The predicted molar refractivity (Wildman–Crippen MR) is 71.8 cm³/mol. The van der Waals surface area contributed by atoms with Crippen molar-refractivity contribution in [3.63, 3.8) is 0 Å². The minimum Gasteiger partial charge on any atom is -0.212 e. The van der Waals surface area contributed by atoms with Gasteiger partial charge in [-0.2, -0.15) is 9.61 Å². The molecule has 0 saturated heterocycles. The summed E-state index contributed by atoms with van der Waals surface area (Å²) in [6, 6.07) is 0. The summed E-state index contributed by atoms with van der Waals surface area (Å²) in [4.78, 5) is 4.75. The fourth-order valence-corrected chi connectivity index (χ4v) is 3.93. The van der Waals surface area contributed by atoms with Crippen LogP contribution in [-0.2, 0) is 5.41 Å². The summed E-state index contributed by atoms with van der Waals surface area (Å²) in [6.07, 6.45) is 4.05. The summed E-state index contributed by atoms with van der Waals surface area (Å²) in [6.45, 7) is 10.7. The average molecular weight is 255 g/mol. The predicted octanol–water partition coefficient (Wildman–Crippen LogP) is 2.34. The Morgan fingerprint density at radius 2 is 2.11 bits per heavy atom. The first-order valence-corrected chi connectivity index (χ1v) is 6.75. The van der Waals surface area contributed by atoms with Crippen molar-refractivity contribution in [1.29, 1.82) is 0 Å². The Hall–Kier alpha value is -1.78. The normalized spacial score (nSPS) is 30.8. The molecular formula is C14H17N5. The molecule has 2 heterocycles. The van der Waals surface area contributed by atoms with Gasteiger partial charge in [0.2, 0.25) is 0 Å². The maximum atomic E-state index is 4.77. The first kappa shape index (κ1) is 11.1. The van der Waals surface area contributed by atoms with Crippen LogP contribution in [-0.4, -0.2) is 24.8 Å². The Bertz CT molecular complexity index is 714. The SMILES string of the molecule is C=Cc1nnc2nc3c(nn12)[C@H]1CC[C@]3(C)C1(C)C. The molecule has 0 aromatic carbocycles. The Morgan fingerprint density at radius 1 is 1.32 bits per heavy atom. The van der Waals surface area contributed by atoms with Gasteiger partial charge < -0.3 is 0 Å². The van der Waals surface area contributed by atoms with Gasteiger partial charge in [-0.25, -0.2) is 4.98 Å². The van der Waals surface area contributed by atoms with Gasteiger partial charge in [0.1, 0.15) is 0 Å². The molecule has 2 aliphatic carbocycles. The molecule has 2 aromatic rings. The molecule has 2 aliphatic rings. The van der Waals surface area contributed by atoms with Crippen molar-refractivity contribution >= 4 is 11.9 Å². The van der Waals surface area contributed by atoms with Gasteiger partial charge in [0.05, 0.1) is 11.4 Å². The molecule has 0 unspecified atom stereocenters. The van der Waals surface area contributed by atoms with E-state index in [-0.39, 0.29) is 10.8 Å². The van der Waals surface area contributed by atoms with Crippen molar-refractivity contribution < 1.29 is 0 Å². The Kier molecular flexibility index (Phi) is 1.77. The standard InChI is InChI=1S/C14H17N5/c1-5-9-16-17-12-15-11-10(18-19(9)12)8-6-7-14(11,4)13(8,2)3/h5,8H,1,6-7H2,2-4H3/t8-,14+/m1/s1. The van der Waals surface area contributed by atoms with Crippen LogP contribution < -0.4 is 0 Å². The molecule has 0 aliphatic heterocycles. The van der Waals surface area contributed by atoms with Crippen molar-refractivity contribution in [3.8, 4) is 0 Å². The second-order valence-electron chi connectivity index (χ2n) is 6.46. The van der Waals surface area contributed by atoms with Crippen LogP contribution in [0.5, 0.6) is 0 Å². The highest BCUT2D eigenvalue weighted by Crippen LogP contribution is 2.66. The van der Waals surface area contributed by atoms with E-state index in [0.717, 1.165) is 11.4 Å². The number of rotatable bonds is 1. The summed E-state index contributed by atoms with van der Waals surface area (Å²) in [5.74, 6) is 1.73. The number of fused-ring (bicyclic) bond motifs is 6. The van der Waals surface area contributed by atoms with Crippen LogP contribution in [0.25, 0.3) is 11.9 Å². The molecule has 5 nitrogen and oxygen atoms in total. The van der Waals surface area contributed by atoms with Gasteiger partial charge in [0.15, 0.2) is 5.82 Å². The van der Waals surface area contributed by atoms with Crippen molar-refractivity contribution in [1.82, 2.24) is 24.8 Å². The van der Waals surface area contributed by atoms with Crippen molar-refractivity contribution in [3.05, 3.63) is 23.8 Å². The second-order valence-corrected chi connectivity index (χ2v) is 6.46. The number of hydrogen-bond acceptors (Lipinski definition) is 4. The van der Waals surface area contributed by atoms with Crippen LogP contribution in [0.4, 0.5) is 0 Å². The van der Waals surface area contributed by atoms with Crippen molar-refractivity contribution in [2.24, 2.45) is 5.41 Å². The molecule has 2 atom stereocenters. The van der Waals surface area contributed by atoms with Crippen LogP contribution >= 0.6 is 0 Å². The van der Waals surface area contributed by atoms with Gasteiger partial charge >= 0.3 is 0 Å². The van der Waals surface area contributed by atoms with E-state index in [2.05, 4.69) is 37.5 Å². The molecular weight excluding hydrogens is 238 g/mol. The van der Waals surface area contributed by atoms with E-state index in [1.807, 2.05) is 0 Å². The quantitative estimate of drug-likeness (QED) is 0.784. The Morgan fingerprint density at radius 3 is 2.84 bits per heavy atom. The van der Waals surface area contributed by atoms with E-state index in [1.54, 1.807) is 10.6 Å². The topological polar surface area (TPSA) is 56.0 Å². The van der Waals surface area contributed by atoms with Crippen LogP contribution in [0.3, 0.4) is 0 Å². The van der Waals surface area contributed by atoms with Crippen LogP contribution in [0.15, 0.2) is 6.58 Å². The zero-order valence-corrected chi connectivity index (χ0v) is 11.5. The summed E-state index contributed by atoms with van der Waals surface area (Å²) in [7, 11) is 0. The minimum atomic E-state index is 0.113. The molecule has 98 valence electrons. The fourth-order valence-electron chi connectivity index (χ4n) is 3.93. The third kappa shape index (κ3) is 1.04. The second kappa shape index (κ2) is 3.03. The lowest BCUT2D eigenvalue weighted by atomic mass is 9.70. The molecule has 1 fully saturated rings. The van der Waals surface area contributed by atoms with Crippen LogP contribution in [0.1, 0.15) is 56.7 Å². The highest BCUT2D eigenvalue weighted by atomic mass is 15.4. The van der Waals surface area contributed by atoms with Gasteiger partial charge in [-0.15, -0.1) is 10.2 Å². The van der Waals surface area contributed by atoms with E-state index in [9.17, 15) is 0 Å². The number of nitrogens with zero attached hydrogens (tertiary/aromatic N) is 5. The first-order valence-electron chi connectivity index (χ1n) is 6.75. The minimum absolute atomic E-state index is 0.113. The molecule has 0 radical (unpaired) electrons. The molecule has 0 amide bonds. The Balaban J connectivity index is 2.07. The van der Waals surface area contributed by atoms with Gasteiger partial charge in [-0.3, -0.25) is 0 Å². The van der Waals surface area contributed by atoms with E-state index in [4.69, 9.17) is 10.1 Å². The molecule has 2 aromatic heterocycles. The molecule has 0 N–H and O–H groups in total. The highest BCUT2D eigenvalue weighted by molar-refractivity contribution is 5.47. The lowest BCUT2D eigenvalue weighted by molar-refractivity contribution is 0.227.